The van der Waals surface area contributed by atoms with Crippen LogP contribution in [0.2, 0.25) is 0 Å². The van der Waals surface area contributed by atoms with E-state index >= 15 is 0 Å². The third-order valence-corrected chi connectivity index (χ3v) is 5.24. The monoisotopic (exact) mass is 425 g/mol. The van der Waals surface area contributed by atoms with Gasteiger partial charge >= 0.3 is 0 Å². The van der Waals surface area contributed by atoms with Crippen molar-refractivity contribution in [3.05, 3.63) is 28.2 Å². The summed E-state index contributed by atoms with van der Waals surface area (Å²) in [5, 5.41) is 3.41. The Balaban J connectivity index is 1.71. The molecule has 0 saturated carbocycles. The van der Waals surface area contributed by atoms with Crippen LogP contribution in [0.3, 0.4) is 0 Å². The molecule has 144 valence electrons. The Kier molecular flexibility index (Phi) is 7.16. The number of morpholine rings is 1. The molecule has 1 aromatic carbocycles. The second-order valence-electron chi connectivity index (χ2n) is 6.53. The molecular formula is C19H28BrN3O3. The van der Waals surface area contributed by atoms with E-state index in [4.69, 9.17) is 19.2 Å². The molecule has 7 heteroatoms. The Hall–Kier alpha value is -1.31. The summed E-state index contributed by atoms with van der Waals surface area (Å²) in [6.07, 6.45) is 2.55. The minimum Gasteiger partial charge on any atom is -0.496 e. The number of aliphatic imine (C=N–C) groups is 1. The van der Waals surface area contributed by atoms with Gasteiger partial charge in [0.25, 0.3) is 0 Å². The van der Waals surface area contributed by atoms with Gasteiger partial charge in [0.05, 0.1) is 26.4 Å². The molecule has 0 aromatic heterocycles. The summed E-state index contributed by atoms with van der Waals surface area (Å²) in [5.41, 5.74) is 1.06. The standard InChI is InChI=1S/C19H28BrN3O3/c1-3-21-19(22-12-14-11-15(20)6-7-16(14)24-2)23-8-10-26-18(13-23)17-5-4-9-25-17/h6-7,11,17-18H,3-5,8-10,12-13H2,1-2H3,(H,21,22). The molecule has 0 aliphatic carbocycles. The largest absolute Gasteiger partial charge is 0.496 e. The molecule has 2 aliphatic rings. The number of hydrogen-bond acceptors (Lipinski definition) is 4. The maximum absolute atomic E-state index is 5.96. The van der Waals surface area contributed by atoms with E-state index in [-0.39, 0.29) is 12.2 Å². The first-order valence-corrected chi connectivity index (χ1v) is 10.1. The Morgan fingerprint density at radius 2 is 2.19 bits per heavy atom. The highest BCUT2D eigenvalue weighted by atomic mass is 79.9. The highest BCUT2D eigenvalue weighted by Crippen LogP contribution is 2.24. The van der Waals surface area contributed by atoms with Crippen molar-refractivity contribution < 1.29 is 14.2 Å². The number of benzene rings is 1. The highest BCUT2D eigenvalue weighted by Gasteiger charge is 2.32. The third kappa shape index (κ3) is 4.90. The van der Waals surface area contributed by atoms with E-state index < -0.39 is 0 Å². The van der Waals surface area contributed by atoms with Gasteiger partial charge in [-0.1, -0.05) is 15.9 Å². The van der Waals surface area contributed by atoms with Crippen LogP contribution in [-0.4, -0.2) is 63.0 Å². The number of nitrogens with zero attached hydrogens (tertiary/aromatic N) is 2. The van der Waals surface area contributed by atoms with E-state index in [2.05, 4.69) is 39.1 Å². The summed E-state index contributed by atoms with van der Waals surface area (Å²) in [4.78, 5) is 7.13. The fourth-order valence-electron chi connectivity index (χ4n) is 3.45. The van der Waals surface area contributed by atoms with Gasteiger partial charge in [0.15, 0.2) is 5.96 Å². The third-order valence-electron chi connectivity index (χ3n) is 4.75. The second-order valence-corrected chi connectivity index (χ2v) is 7.45. The normalized spacial score (nSPS) is 24.0. The van der Waals surface area contributed by atoms with Gasteiger partial charge in [-0.15, -0.1) is 0 Å². The number of halogens is 1. The van der Waals surface area contributed by atoms with Crippen molar-refractivity contribution in [3.8, 4) is 5.75 Å². The SMILES string of the molecule is CCNC(=NCc1cc(Br)ccc1OC)N1CCOC(C2CCCO2)C1. The van der Waals surface area contributed by atoms with Crippen LogP contribution in [0.5, 0.6) is 5.75 Å². The van der Waals surface area contributed by atoms with Crippen molar-refractivity contribution in [2.75, 3.05) is 40.0 Å². The molecule has 6 nitrogen and oxygen atoms in total. The van der Waals surface area contributed by atoms with Crippen molar-refractivity contribution in [2.45, 2.75) is 38.5 Å². The maximum Gasteiger partial charge on any atom is 0.194 e. The fourth-order valence-corrected chi connectivity index (χ4v) is 3.85. The predicted molar refractivity (Wildman–Crippen MR) is 106 cm³/mol. The van der Waals surface area contributed by atoms with Crippen LogP contribution in [-0.2, 0) is 16.0 Å². The number of ether oxygens (including phenoxy) is 3. The van der Waals surface area contributed by atoms with E-state index in [1.165, 1.54) is 0 Å². The zero-order valence-corrected chi connectivity index (χ0v) is 17.1. The summed E-state index contributed by atoms with van der Waals surface area (Å²) in [7, 11) is 1.69. The lowest BCUT2D eigenvalue weighted by molar-refractivity contribution is -0.0817. The molecule has 0 radical (unpaired) electrons. The average Bonchev–Trinajstić information content (AvgIpc) is 3.20. The lowest BCUT2D eigenvalue weighted by Crippen LogP contribution is -2.53. The van der Waals surface area contributed by atoms with Crippen LogP contribution in [0.15, 0.2) is 27.7 Å². The molecule has 2 atom stereocenters. The van der Waals surface area contributed by atoms with Crippen molar-refractivity contribution in [2.24, 2.45) is 4.99 Å². The molecule has 1 N–H and O–H groups in total. The number of nitrogens with one attached hydrogen (secondary N) is 1. The van der Waals surface area contributed by atoms with Crippen LogP contribution >= 0.6 is 15.9 Å². The molecule has 0 amide bonds. The minimum absolute atomic E-state index is 0.121. The summed E-state index contributed by atoms with van der Waals surface area (Å²) in [6, 6.07) is 6.00. The Morgan fingerprint density at radius 1 is 1.35 bits per heavy atom. The van der Waals surface area contributed by atoms with Crippen molar-refractivity contribution >= 4 is 21.9 Å². The molecule has 3 rings (SSSR count). The summed E-state index contributed by atoms with van der Waals surface area (Å²) in [6.45, 7) is 6.68. The smallest absolute Gasteiger partial charge is 0.194 e. The first-order valence-electron chi connectivity index (χ1n) is 9.30. The molecular weight excluding hydrogens is 398 g/mol. The molecule has 26 heavy (non-hydrogen) atoms. The van der Waals surface area contributed by atoms with E-state index in [0.29, 0.717) is 13.2 Å². The quantitative estimate of drug-likeness (QED) is 0.580. The first kappa shape index (κ1) is 19.5. The van der Waals surface area contributed by atoms with Crippen molar-refractivity contribution in [1.29, 1.82) is 0 Å². The zero-order chi connectivity index (χ0) is 18.4. The average molecular weight is 426 g/mol. The fraction of sp³-hybridized carbons (Fsp3) is 0.632. The molecule has 0 spiro atoms. The van der Waals surface area contributed by atoms with Gasteiger partial charge in [0.2, 0.25) is 0 Å². The maximum atomic E-state index is 5.96. The van der Waals surface area contributed by atoms with Gasteiger partial charge in [-0.3, -0.25) is 0 Å². The van der Waals surface area contributed by atoms with Crippen molar-refractivity contribution in [3.63, 3.8) is 0 Å². The first-order chi connectivity index (χ1) is 12.7. The van der Waals surface area contributed by atoms with E-state index in [1.807, 2.05) is 12.1 Å². The molecule has 1 aromatic rings. The van der Waals surface area contributed by atoms with E-state index in [0.717, 1.165) is 60.8 Å². The Bertz CT molecular complexity index is 620. The predicted octanol–water partition coefficient (Wildman–Crippen LogP) is 2.80. The zero-order valence-electron chi connectivity index (χ0n) is 15.5. The van der Waals surface area contributed by atoms with E-state index in [9.17, 15) is 0 Å². The van der Waals surface area contributed by atoms with Gasteiger partial charge in [0, 0.05) is 36.3 Å². The molecule has 0 bridgehead atoms. The number of hydrogen-bond donors (Lipinski definition) is 1. The van der Waals surface area contributed by atoms with Gasteiger partial charge < -0.3 is 24.4 Å². The summed E-state index contributed by atoms with van der Waals surface area (Å²) in [5.74, 6) is 1.77. The van der Waals surface area contributed by atoms with Gasteiger partial charge in [-0.2, -0.15) is 0 Å². The van der Waals surface area contributed by atoms with Gasteiger partial charge in [-0.25, -0.2) is 4.99 Å². The number of methoxy groups -OCH3 is 1. The van der Waals surface area contributed by atoms with Crippen molar-refractivity contribution in [1.82, 2.24) is 10.2 Å². The van der Waals surface area contributed by atoms with Crippen LogP contribution in [0, 0.1) is 0 Å². The van der Waals surface area contributed by atoms with Gasteiger partial charge in [-0.05, 0) is 38.0 Å². The van der Waals surface area contributed by atoms with Crippen LogP contribution in [0.4, 0.5) is 0 Å². The molecule has 2 heterocycles. The minimum atomic E-state index is 0.121. The number of rotatable bonds is 5. The summed E-state index contributed by atoms with van der Waals surface area (Å²) >= 11 is 3.52. The van der Waals surface area contributed by atoms with Crippen LogP contribution < -0.4 is 10.1 Å². The number of guanidine groups is 1. The second kappa shape index (κ2) is 9.58. The molecule has 2 fully saturated rings. The molecule has 2 aliphatic heterocycles. The molecule has 2 saturated heterocycles. The molecule has 2 unspecified atom stereocenters. The Morgan fingerprint density at radius 3 is 2.92 bits per heavy atom. The van der Waals surface area contributed by atoms with Crippen LogP contribution in [0.25, 0.3) is 0 Å². The highest BCUT2D eigenvalue weighted by molar-refractivity contribution is 9.10. The lowest BCUT2D eigenvalue weighted by atomic mass is 10.1. The lowest BCUT2D eigenvalue weighted by Gasteiger charge is -2.37. The van der Waals surface area contributed by atoms with Gasteiger partial charge in [0.1, 0.15) is 11.9 Å². The summed E-state index contributed by atoms with van der Waals surface area (Å²) < 4.78 is 18.3. The Labute approximate surface area is 164 Å². The van der Waals surface area contributed by atoms with Crippen LogP contribution in [0.1, 0.15) is 25.3 Å². The van der Waals surface area contributed by atoms with E-state index in [1.54, 1.807) is 7.11 Å². The topological polar surface area (TPSA) is 55.3 Å².